The molecule has 25 heavy (non-hydrogen) atoms. The number of aryl methyl sites for hydroxylation is 2. The van der Waals surface area contributed by atoms with Gasteiger partial charge in [-0.3, -0.25) is 4.79 Å². The second-order valence-electron chi connectivity index (χ2n) is 6.11. The van der Waals surface area contributed by atoms with Gasteiger partial charge in [-0.25, -0.2) is 4.79 Å². The van der Waals surface area contributed by atoms with Crippen molar-refractivity contribution in [2.75, 3.05) is 6.61 Å². The first-order valence-corrected chi connectivity index (χ1v) is 8.16. The van der Waals surface area contributed by atoms with E-state index >= 15 is 0 Å². The number of Topliss-reactive ketones (excluding diaryl/α,β-unsaturated/α-hetero) is 1. The molecule has 0 radical (unpaired) electrons. The summed E-state index contributed by atoms with van der Waals surface area (Å²) >= 11 is 0. The Morgan fingerprint density at radius 1 is 1.08 bits per heavy atom. The number of hydrogen-bond acceptors (Lipinski definition) is 5. The lowest BCUT2D eigenvalue weighted by molar-refractivity contribution is -0.157. The maximum atomic E-state index is 12.5. The standard InChI is InChI=1S/C20H20O5/c1-12-8-9-15(10-13(12)2)19(21)14(3)24-20(22)18-11-23-16-6-4-5-7-17(16)25-18/h4-10,14,18H,11H2,1-3H3/t14-,18-/m1/s1. The van der Waals surface area contributed by atoms with Crippen LogP contribution in [0.5, 0.6) is 11.5 Å². The SMILES string of the molecule is Cc1ccc(C(=O)[C@@H](C)OC(=O)[C@H]2COc3ccccc3O2)cc1C. The number of ketones is 1. The topological polar surface area (TPSA) is 61.8 Å². The predicted octanol–water partition coefficient (Wildman–Crippen LogP) is 3.26. The van der Waals surface area contributed by atoms with Gasteiger partial charge in [0.1, 0.15) is 6.61 Å². The third-order valence-electron chi connectivity index (χ3n) is 4.23. The van der Waals surface area contributed by atoms with Crippen molar-refractivity contribution < 1.29 is 23.8 Å². The average Bonchev–Trinajstić information content (AvgIpc) is 2.62. The van der Waals surface area contributed by atoms with Gasteiger partial charge in [-0.1, -0.05) is 24.3 Å². The lowest BCUT2D eigenvalue weighted by atomic mass is 10.0. The van der Waals surface area contributed by atoms with Crippen molar-refractivity contribution in [3.05, 3.63) is 59.2 Å². The van der Waals surface area contributed by atoms with Crippen LogP contribution in [0.1, 0.15) is 28.4 Å². The van der Waals surface area contributed by atoms with Gasteiger partial charge in [0.2, 0.25) is 11.9 Å². The third kappa shape index (κ3) is 3.65. The summed E-state index contributed by atoms with van der Waals surface area (Å²) in [5, 5.41) is 0. The third-order valence-corrected chi connectivity index (χ3v) is 4.23. The van der Waals surface area contributed by atoms with Crippen molar-refractivity contribution in [3.63, 3.8) is 0 Å². The van der Waals surface area contributed by atoms with Crippen LogP contribution in [-0.4, -0.2) is 30.6 Å². The highest BCUT2D eigenvalue weighted by Gasteiger charge is 2.31. The van der Waals surface area contributed by atoms with Crippen LogP contribution in [0.3, 0.4) is 0 Å². The first-order valence-electron chi connectivity index (χ1n) is 8.16. The molecule has 5 heteroatoms. The van der Waals surface area contributed by atoms with E-state index in [0.29, 0.717) is 17.1 Å². The number of para-hydroxylation sites is 2. The van der Waals surface area contributed by atoms with Gasteiger partial charge in [0.25, 0.3) is 0 Å². The van der Waals surface area contributed by atoms with Crippen LogP contribution in [0.2, 0.25) is 0 Å². The Labute approximate surface area is 146 Å². The highest BCUT2D eigenvalue weighted by atomic mass is 16.6. The summed E-state index contributed by atoms with van der Waals surface area (Å²) in [4.78, 5) is 24.8. The van der Waals surface area contributed by atoms with Gasteiger partial charge >= 0.3 is 5.97 Å². The zero-order valence-electron chi connectivity index (χ0n) is 14.4. The summed E-state index contributed by atoms with van der Waals surface area (Å²) in [6.45, 7) is 5.53. The number of fused-ring (bicyclic) bond motifs is 1. The van der Waals surface area contributed by atoms with Gasteiger partial charge < -0.3 is 14.2 Å². The molecular formula is C20H20O5. The molecule has 0 saturated heterocycles. The molecule has 0 aliphatic carbocycles. The van der Waals surface area contributed by atoms with Crippen molar-refractivity contribution in [2.24, 2.45) is 0 Å². The molecule has 0 bridgehead atoms. The average molecular weight is 340 g/mol. The summed E-state index contributed by atoms with van der Waals surface area (Å²) < 4.78 is 16.4. The quantitative estimate of drug-likeness (QED) is 0.631. The van der Waals surface area contributed by atoms with E-state index in [1.807, 2.05) is 26.0 Å². The summed E-state index contributed by atoms with van der Waals surface area (Å²) in [5.41, 5.74) is 2.65. The molecule has 1 aliphatic rings. The fraction of sp³-hybridized carbons (Fsp3) is 0.300. The van der Waals surface area contributed by atoms with Crippen LogP contribution in [0, 0.1) is 13.8 Å². The highest BCUT2D eigenvalue weighted by Crippen LogP contribution is 2.31. The molecule has 130 valence electrons. The van der Waals surface area contributed by atoms with Crippen LogP contribution in [0.25, 0.3) is 0 Å². The number of hydrogen-bond donors (Lipinski definition) is 0. The molecule has 0 unspecified atom stereocenters. The molecule has 0 N–H and O–H groups in total. The normalized spacial score (nSPS) is 16.8. The first kappa shape index (κ1) is 17.0. The smallest absolute Gasteiger partial charge is 0.351 e. The molecule has 0 amide bonds. The summed E-state index contributed by atoms with van der Waals surface area (Å²) in [6, 6.07) is 12.5. The van der Waals surface area contributed by atoms with Crippen LogP contribution in [0.4, 0.5) is 0 Å². The number of carbonyl (C=O) groups is 2. The van der Waals surface area contributed by atoms with Gasteiger partial charge in [-0.2, -0.15) is 0 Å². The van der Waals surface area contributed by atoms with Gasteiger partial charge in [0.15, 0.2) is 17.6 Å². The van der Waals surface area contributed by atoms with Gasteiger partial charge in [0.05, 0.1) is 0 Å². The summed E-state index contributed by atoms with van der Waals surface area (Å²) in [5.74, 6) is 0.224. The van der Waals surface area contributed by atoms with E-state index in [-0.39, 0.29) is 12.4 Å². The van der Waals surface area contributed by atoms with Crippen LogP contribution in [0.15, 0.2) is 42.5 Å². The van der Waals surface area contributed by atoms with E-state index < -0.39 is 18.2 Å². The molecule has 2 atom stereocenters. The molecule has 2 aromatic carbocycles. The second kappa shape index (κ2) is 6.97. The van der Waals surface area contributed by atoms with Crippen molar-refractivity contribution in [1.82, 2.24) is 0 Å². The number of rotatable bonds is 4. The van der Waals surface area contributed by atoms with Gasteiger partial charge in [-0.15, -0.1) is 0 Å². The number of esters is 1. The summed E-state index contributed by atoms with van der Waals surface area (Å²) in [7, 11) is 0. The van der Waals surface area contributed by atoms with Crippen LogP contribution < -0.4 is 9.47 Å². The molecule has 5 nitrogen and oxygen atoms in total. The van der Waals surface area contributed by atoms with Gasteiger partial charge in [0, 0.05) is 5.56 Å². The molecule has 2 aromatic rings. The van der Waals surface area contributed by atoms with E-state index in [2.05, 4.69) is 0 Å². The fourth-order valence-electron chi connectivity index (χ4n) is 2.57. The molecule has 1 aliphatic heterocycles. The molecular weight excluding hydrogens is 320 g/mol. The maximum absolute atomic E-state index is 12.5. The Bertz CT molecular complexity index is 811. The lowest BCUT2D eigenvalue weighted by Gasteiger charge is -2.25. The zero-order chi connectivity index (χ0) is 18.0. The minimum atomic E-state index is -0.893. The van der Waals surface area contributed by atoms with E-state index in [9.17, 15) is 9.59 Å². The van der Waals surface area contributed by atoms with Gasteiger partial charge in [-0.05, 0) is 50.1 Å². The van der Waals surface area contributed by atoms with Crippen molar-refractivity contribution in [3.8, 4) is 11.5 Å². The Kier molecular flexibility index (Phi) is 4.74. The number of ether oxygens (including phenoxy) is 3. The van der Waals surface area contributed by atoms with E-state index in [4.69, 9.17) is 14.2 Å². The molecule has 0 saturated carbocycles. The Morgan fingerprint density at radius 2 is 1.80 bits per heavy atom. The minimum Gasteiger partial charge on any atom is -0.485 e. The fourth-order valence-corrected chi connectivity index (χ4v) is 2.57. The van der Waals surface area contributed by atoms with E-state index in [1.54, 1.807) is 37.3 Å². The predicted molar refractivity (Wildman–Crippen MR) is 92.2 cm³/mol. The molecule has 0 aromatic heterocycles. The van der Waals surface area contributed by atoms with Crippen molar-refractivity contribution >= 4 is 11.8 Å². The van der Waals surface area contributed by atoms with Crippen LogP contribution in [-0.2, 0) is 9.53 Å². The molecule has 1 heterocycles. The minimum absolute atomic E-state index is 0.0559. The maximum Gasteiger partial charge on any atom is 0.351 e. The first-order chi connectivity index (χ1) is 12.0. The lowest BCUT2D eigenvalue weighted by Crippen LogP contribution is -2.40. The van der Waals surface area contributed by atoms with Crippen LogP contribution >= 0.6 is 0 Å². The Balaban J connectivity index is 1.64. The van der Waals surface area contributed by atoms with Crippen molar-refractivity contribution in [2.45, 2.75) is 33.0 Å². The highest BCUT2D eigenvalue weighted by molar-refractivity contribution is 6.00. The molecule has 0 fully saturated rings. The summed E-state index contributed by atoms with van der Waals surface area (Å²) in [6.07, 6.45) is -1.78. The number of benzene rings is 2. The van der Waals surface area contributed by atoms with E-state index in [1.165, 1.54) is 0 Å². The monoisotopic (exact) mass is 340 g/mol. The largest absolute Gasteiger partial charge is 0.485 e. The van der Waals surface area contributed by atoms with Crippen molar-refractivity contribution in [1.29, 1.82) is 0 Å². The van der Waals surface area contributed by atoms with E-state index in [0.717, 1.165) is 11.1 Å². The Hall–Kier alpha value is -2.82. The zero-order valence-corrected chi connectivity index (χ0v) is 14.4. The molecule has 0 spiro atoms. The second-order valence-corrected chi connectivity index (χ2v) is 6.11. The Morgan fingerprint density at radius 3 is 2.52 bits per heavy atom. The number of carbonyl (C=O) groups excluding carboxylic acids is 2. The molecule has 3 rings (SSSR count).